The first kappa shape index (κ1) is 11.4. The van der Waals surface area contributed by atoms with Crippen molar-refractivity contribution in [3.8, 4) is 5.75 Å². The molecule has 1 aliphatic heterocycles. The second-order valence-electron chi connectivity index (χ2n) is 4.05. The van der Waals surface area contributed by atoms with Gasteiger partial charge in [0.05, 0.1) is 18.9 Å². The monoisotopic (exact) mass is 235 g/mol. The minimum absolute atomic E-state index is 0.275. The normalized spacial score (nSPS) is 19.4. The van der Waals surface area contributed by atoms with Gasteiger partial charge < -0.3 is 15.2 Å². The molecule has 0 radical (unpaired) electrons. The fourth-order valence-corrected chi connectivity index (χ4v) is 2.03. The van der Waals surface area contributed by atoms with Gasteiger partial charge >= 0.3 is 5.97 Å². The molecule has 0 aliphatic carbocycles. The second kappa shape index (κ2) is 4.08. The number of amides is 1. The van der Waals surface area contributed by atoms with Crippen molar-refractivity contribution in [1.82, 2.24) is 0 Å². The molecule has 0 saturated carbocycles. The Bertz CT molecular complexity index is 483. The van der Waals surface area contributed by atoms with Gasteiger partial charge in [-0.25, -0.2) is 0 Å². The molecule has 2 atom stereocenters. The Morgan fingerprint density at radius 2 is 2.24 bits per heavy atom. The lowest BCUT2D eigenvalue weighted by Gasteiger charge is -2.13. The third-order valence-electron chi connectivity index (χ3n) is 3.03. The van der Waals surface area contributed by atoms with E-state index in [1.165, 1.54) is 14.0 Å². The number of carboxylic acids is 1. The highest BCUT2D eigenvalue weighted by Crippen LogP contribution is 2.39. The molecule has 0 spiro atoms. The smallest absolute Gasteiger partial charge is 0.307 e. The molecule has 1 heterocycles. The van der Waals surface area contributed by atoms with Gasteiger partial charge in [-0.1, -0.05) is 13.0 Å². The first-order chi connectivity index (χ1) is 8.04. The number of carbonyl (C=O) groups excluding carboxylic acids is 1. The molecule has 2 N–H and O–H groups in total. The lowest BCUT2D eigenvalue weighted by molar-refractivity contribution is -0.143. The number of hydrogen-bond acceptors (Lipinski definition) is 3. The van der Waals surface area contributed by atoms with Crippen molar-refractivity contribution in [1.29, 1.82) is 0 Å². The fourth-order valence-electron chi connectivity index (χ4n) is 2.03. The van der Waals surface area contributed by atoms with E-state index in [1.54, 1.807) is 18.2 Å². The average molecular weight is 235 g/mol. The van der Waals surface area contributed by atoms with Gasteiger partial charge in [-0.2, -0.15) is 0 Å². The maximum atomic E-state index is 11.8. The Kier molecular flexibility index (Phi) is 2.75. The summed E-state index contributed by atoms with van der Waals surface area (Å²) in [6.07, 6.45) is 0. The van der Waals surface area contributed by atoms with Crippen molar-refractivity contribution in [3.63, 3.8) is 0 Å². The second-order valence-corrected chi connectivity index (χ2v) is 4.05. The molecular formula is C12H13NO4. The summed E-state index contributed by atoms with van der Waals surface area (Å²) < 4.78 is 5.05. The zero-order valence-electron chi connectivity index (χ0n) is 9.56. The first-order valence-corrected chi connectivity index (χ1v) is 5.26. The Morgan fingerprint density at radius 3 is 2.82 bits per heavy atom. The summed E-state index contributed by atoms with van der Waals surface area (Å²) in [7, 11) is 1.54. The number of fused-ring (bicyclic) bond motifs is 1. The first-order valence-electron chi connectivity index (χ1n) is 5.26. The van der Waals surface area contributed by atoms with Crippen LogP contribution in [0.4, 0.5) is 5.69 Å². The number of benzene rings is 1. The molecule has 2 unspecified atom stereocenters. The van der Waals surface area contributed by atoms with Crippen LogP contribution in [0.25, 0.3) is 0 Å². The van der Waals surface area contributed by atoms with E-state index in [1.807, 2.05) is 0 Å². The van der Waals surface area contributed by atoms with E-state index in [0.29, 0.717) is 17.0 Å². The van der Waals surface area contributed by atoms with Crippen LogP contribution in [0.2, 0.25) is 0 Å². The van der Waals surface area contributed by atoms with Crippen LogP contribution < -0.4 is 10.1 Å². The number of methoxy groups -OCH3 is 1. The minimum Gasteiger partial charge on any atom is -0.497 e. The highest BCUT2D eigenvalue weighted by molar-refractivity contribution is 6.05. The Morgan fingerprint density at radius 1 is 1.53 bits per heavy atom. The molecule has 0 aromatic heterocycles. The summed E-state index contributed by atoms with van der Waals surface area (Å²) in [6.45, 7) is 1.53. The van der Waals surface area contributed by atoms with Crippen LogP contribution in [0.1, 0.15) is 18.4 Å². The van der Waals surface area contributed by atoms with Crippen LogP contribution in [0.3, 0.4) is 0 Å². The molecule has 0 bridgehead atoms. The van der Waals surface area contributed by atoms with Crippen LogP contribution in [0.5, 0.6) is 5.75 Å². The Hall–Kier alpha value is -2.04. The van der Waals surface area contributed by atoms with E-state index < -0.39 is 17.8 Å². The number of carbonyl (C=O) groups is 2. The van der Waals surface area contributed by atoms with E-state index >= 15 is 0 Å². The lowest BCUT2D eigenvalue weighted by Crippen LogP contribution is -2.24. The molecule has 5 heteroatoms. The van der Waals surface area contributed by atoms with Crippen molar-refractivity contribution in [2.75, 3.05) is 12.4 Å². The fraction of sp³-hybridized carbons (Fsp3) is 0.333. The third-order valence-corrected chi connectivity index (χ3v) is 3.03. The molecule has 2 rings (SSSR count). The Labute approximate surface area is 98.4 Å². The number of anilines is 1. The van der Waals surface area contributed by atoms with Gasteiger partial charge in [0.1, 0.15) is 5.75 Å². The van der Waals surface area contributed by atoms with Gasteiger partial charge in [0.2, 0.25) is 5.91 Å². The zero-order chi connectivity index (χ0) is 12.6. The van der Waals surface area contributed by atoms with Crippen LogP contribution in [0.15, 0.2) is 18.2 Å². The third kappa shape index (κ3) is 1.84. The largest absolute Gasteiger partial charge is 0.497 e. The van der Waals surface area contributed by atoms with Crippen molar-refractivity contribution < 1.29 is 19.4 Å². The van der Waals surface area contributed by atoms with Gasteiger partial charge in [0, 0.05) is 11.8 Å². The molecule has 0 fully saturated rings. The van der Waals surface area contributed by atoms with Gasteiger partial charge in [-0.15, -0.1) is 0 Å². The molecule has 17 heavy (non-hydrogen) atoms. The van der Waals surface area contributed by atoms with E-state index in [4.69, 9.17) is 9.84 Å². The predicted octanol–water partition coefficient (Wildman–Crippen LogP) is 1.45. The summed E-state index contributed by atoms with van der Waals surface area (Å²) >= 11 is 0. The van der Waals surface area contributed by atoms with Gasteiger partial charge in [-0.3, -0.25) is 9.59 Å². The minimum atomic E-state index is -0.978. The highest BCUT2D eigenvalue weighted by Gasteiger charge is 2.38. The van der Waals surface area contributed by atoms with Crippen LogP contribution in [-0.2, 0) is 9.59 Å². The Balaban J connectivity index is 2.41. The predicted molar refractivity (Wildman–Crippen MR) is 61.2 cm³/mol. The lowest BCUT2D eigenvalue weighted by atomic mass is 9.88. The molecule has 0 saturated heterocycles. The molecule has 5 nitrogen and oxygen atoms in total. The maximum Gasteiger partial charge on any atom is 0.307 e. The number of rotatable bonds is 3. The van der Waals surface area contributed by atoms with Crippen molar-refractivity contribution in [2.24, 2.45) is 5.92 Å². The van der Waals surface area contributed by atoms with Crippen molar-refractivity contribution in [2.45, 2.75) is 12.8 Å². The molecule has 1 aromatic carbocycles. The van der Waals surface area contributed by atoms with Crippen LogP contribution >= 0.6 is 0 Å². The summed E-state index contributed by atoms with van der Waals surface area (Å²) in [5.41, 5.74) is 1.35. The highest BCUT2D eigenvalue weighted by atomic mass is 16.5. The van der Waals surface area contributed by atoms with Gasteiger partial charge in [-0.05, 0) is 11.6 Å². The quantitative estimate of drug-likeness (QED) is 0.831. The number of carboxylic acid groups (broad SMARTS) is 1. The maximum absolute atomic E-state index is 11.8. The SMILES string of the molecule is COc1ccc2c(c1)NC(=O)C2C(C)C(=O)O. The van der Waals surface area contributed by atoms with E-state index in [-0.39, 0.29) is 5.91 Å². The van der Waals surface area contributed by atoms with Crippen LogP contribution in [0, 0.1) is 5.92 Å². The van der Waals surface area contributed by atoms with Crippen LogP contribution in [-0.4, -0.2) is 24.1 Å². The van der Waals surface area contributed by atoms with Crippen molar-refractivity contribution >= 4 is 17.6 Å². The number of ether oxygens (including phenoxy) is 1. The summed E-state index contributed by atoms with van der Waals surface area (Å²) in [5, 5.41) is 11.7. The standard InChI is InChI=1S/C12H13NO4/c1-6(12(15)16)10-8-4-3-7(17-2)5-9(8)13-11(10)14/h3-6,10H,1-2H3,(H,13,14)(H,15,16). The van der Waals surface area contributed by atoms with E-state index in [0.717, 1.165) is 0 Å². The number of hydrogen-bond donors (Lipinski definition) is 2. The zero-order valence-corrected chi connectivity index (χ0v) is 9.56. The summed E-state index contributed by atoms with van der Waals surface area (Å²) in [4.78, 5) is 22.7. The molecule has 1 aromatic rings. The molecule has 90 valence electrons. The van der Waals surface area contributed by atoms with Crippen molar-refractivity contribution in [3.05, 3.63) is 23.8 Å². The van der Waals surface area contributed by atoms with E-state index in [9.17, 15) is 9.59 Å². The molecule has 1 amide bonds. The molecule has 1 aliphatic rings. The number of nitrogens with one attached hydrogen (secondary N) is 1. The topological polar surface area (TPSA) is 75.6 Å². The van der Waals surface area contributed by atoms with Gasteiger partial charge in [0.15, 0.2) is 0 Å². The summed E-state index contributed by atoms with van der Waals surface area (Å²) in [5.74, 6) is -2.00. The van der Waals surface area contributed by atoms with E-state index in [2.05, 4.69) is 5.32 Å². The molecular weight excluding hydrogens is 222 g/mol. The van der Waals surface area contributed by atoms with Gasteiger partial charge in [0.25, 0.3) is 0 Å². The number of aliphatic carboxylic acids is 1. The summed E-state index contributed by atoms with van der Waals surface area (Å²) in [6, 6.07) is 5.15. The average Bonchev–Trinajstić information content (AvgIpc) is 2.62.